The summed E-state index contributed by atoms with van der Waals surface area (Å²) in [5.74, 6) is -0.210. The minimum absolute atomic E-state index is 0.0708. The molecule has 1 unspecified atom stereocenters. The molecule has 4 rings (SSSR count). The van der Waals surface area contributed by atoms with Crippen LogP contribution >= 0.6 is 11.6 Å². The van der Waals surface area contributed by atoms with E-state index in [4.69, 9.17) is 16.3 Å². The van der Waals surface area contributed by atoms with E-state index in [1.165, 1.54) is 18.2 Å². The lowest BCUT2D eigenvalue weighted by Crippen LogP contribution is -2.39. The smallest absolute Gasteiger partial charge is 0.255 e. The number of halogens is 2. The van der Waals surface area contributed by atoms with Crippen LogP contribution in [0.15, 0.2) is 42.5 Å². The molecule has 0 aromatic heterocycles. The van der Waals surface area contributed by atoms with Crippen LogP contribution in [0.4, 0.5) is 4.39 Å². The summed E-state index contributed by atoms with van der Waals surface area (Å²) in [5.41, 5.74) is 0.771. The topological polar surface area (TPSA) is 58.6 Å². The first-order chi connectivity index (χ1) is 14.0. The van der Waals surface area contributed by atoms with Gasteiger partial charge in [0.2, 0.25) is 0 Å². The molecule has 5 nitrogen and oxygen atoms in total. The number of nitrogens with zero attached hydrogens (tertiary/aromatic N) is 1. The molecule has 0 radical (unpaired) electrons. The zero-order valence-corrected chi connectivity index (χ0v) is 16.6. The van der Waals surface area contributed by atoms with Crippen molar-refractivity contribution in [3.63, 3.8) is 0 Å². The predicted molar refractivity (Wildman–Crippen MR) is 108 cm³/mol. The molecule has 1 aliphatic carbocycles. The molecular formula is C22H22ClFN2O3. The van der Waals surface area contributed by atoms with Gasteiger partial charge in [-0.25, -0.2) is 4.39 Å². The Morgan fingerprint density at radius 2 is 1.90 bits per heavy atom. The number of hydrogen-bond acceptors (Lipinski definition) is 3. The summed E-state index contributed by atoms with van der Waals surface area (Å²) in [7, 11) is 0. The molecule has 29 heavy (non-hydrogen) atoms. The highest BCUT2D eigenvalue weighted by Crippen LogP contribution is 2.25. The Kier molecular flexibility index (Phi) is 5.72. The fraction of sp³-hybridized carbons (Fsp3) is 0.364. The second kappa shape index (κ2) is 8.41. The number of benzene rings is 2. The van der Waals surface area contributed by atoms with Crippen molar-refractivity contribution >= 4 is 23.4 Å². The molecule has 152 valence electrons. The number of hydrogen-bond donors (Lipinski definition) is 1. The molecule has 0 bridgehead atoms. The van der Waals surface area contributed by atoms with Gasteiger partial charge in [0.1, 0.15) is 18.2 Å². The predicted octanol–water partition coefficient (Wildman–Crippen LogP) is 4.05. The third-order valence-electron chi connectivity index (χ3n) is 5.27. The van der Waals surface area contributed by atoms with E-state index in [1.807, 2.05) is 0 Å². The van der Waals surface area contributed by atoms with Crippen LogP contribution in [0, 0.1) is 5.82 Å². The van der Waals surface area contributed by atoms with Gasteiger partial charge in [-0.3, -0.25) is 9.59 Å². The molecule has 2 aromatic carbocycles. The van der Waals surface area contributed by atoms with Crippen LogP contribution in [-0.4, -0.2) is 41.9 Å². The molecule has 1 aliphatic heterocycles. The number of amides is 2. The van der Waals surface area contributed by atoms with E-state index in [2.05, 4.69) is 5.32 Å². The normalized spacial score (nSPS) is 18.6. The van der Waals surface area contributed by atoms with E-state index in [0.29, 0.717) is 30.5 Å². The van der Waals surface area contributed by atoms with Gasteiger partial charge in [-0.1, -0.05) is 11.6 Å². The van der Waals surface area contributed by atoms with Crippen molar-refractivity contribution in [3.05, 3.63) is 64.4 Å². The standard InChI is InChI=1S/C22H22ClFN2O3/c23-20-10-5-15(24)12-19(20)22(28)26-11-1-2-17(26)13-29-18-8-3-14(4-9-18)21(27)25-16-6-7-16/h3-5,8-10,12,16-17H,1-2,6-7,11,13H2,(H,25,27). The third-order valence-corrected chi connectivity index (χ3v) is 5.60. The monoisotopic (exact) mass is 416 g/mol. The van der Waals surface area contributed by atoms with Crippen LogP contribution in [-0.2, 0) is 0 Å². The summed E-state index contributed by atoms with van der Waals surface area (Å²) in [6, 6.07) is 11.0. The van der Waals surface area contributed by atoms with E-state index in [-0.39, 0.29) is 28.4 Å². The van der Waals surface area contributed by atoms with Crippen molar-refractivity contribution < 1.29 is 18.7 Å². The van der Waals surface area contributed by atoms with Crippen molar-refractivity contribution in [3.8, 4) is 5.75 Å². The Hall–Kier alpha value is -2.60. The first-order valence-corrected chi connectivity index (χ1v) is 10.2. The van der Waals surface area contributed by atoms with Gasteiger partial charge in [0.15, 0.2) is 0 Å². The molecule has 1 atom stereocenters. The van der Waals surface area contributed by atoms with E-state index < -0.39 is 5.82 Å². The van der Waals surface area contributed by atoms with Gasteiger partial charge >= 0.3 is 0 Å². The summed E-state index contributed by atoms with van der Waals surface area (Å²) in [4.78, 5) is 26.6. The van der Waals surface area contributed by atoms with Gasteiger partial charge < -0.3 is 15.0 Å². The molecule has 1 saturated carbocycles. The van der Waals surface area contributed by atoms with Crippen molar-refractivity contribution in [1.29, 1.82) is 0 Å². The zero-order valence-electron chi connectivity index (χ0n) is 15.9. The van der Waals surface area contributed by atoms with E-state index in [0.717, 1.165) is 25.7 Å². The summed E-state index contributed by atoms with van der Waals surface area (Å²) in [6.07, 6.45) is 3.75. The van der Waals surface area contributed by atoms with Gasteiger partial charge in [-0.15, -0.1) is 0 Å². The van der Waals surface area contributed by atoms with E-state index in [1.54, 1.807) is 29.2 Å². The largest absolute Gasteiger partial charge is 0.491 e. The molecule has 1 N–H and O–H groups in total. The van der Waals surface area contributed by atoms with Gasteiger partial charge in [-0.05, 0) is 68.1 Å². The Labute approximate surface area is 173 Å². The molecule has 2 fully saturated rings. The average Bonchev–Trinajstić information content (AvgIpc) is 3.41. The van der Waals surface area contributed by atoms with Gasteiger partial charge in [0.05, 0.1) is 16.6 Å². The maximum atomic E-state index is 13.5. The van der Waals surface area contributed by atoms with Crippen molar-refractivity contribution in [2.75, 3.05) is 13.2 Å². The number of carbonyl (C=O) groups excluding carboxylic acids is 2. The van der Waals surface area contributed by atoms with Gasteiger partial charge in [0, 0.05) is 18.2 Å². The van der Waals surface area contributed by atoms with Crippen LogP contribution in [0.3, 0.4) is 0 Å². The maximum Gasteiger partial charge on any atom is 0.255 e. The highest BCUT2D eigenvalue weighted by Gasteiger charge is 2.31. The molecule has 7 heteroatoms. The Morgan fingerprint density at radius 3 is 2.62 bits per heavy atom. The minimum atomic E-state index is -0.490. The third kappa shape index (κ3) is 4.70. The molecule has 2 amide bonds. The van der Waals surface area contributed by atoms with E-state index in [9.17, 15) is 14.0 Å². The Bertz CT molecular complexity index is 915. The molecule has 2 aliphatic rings. The van der Waals surface area contributed by atoms with Crippen molar-refractivity contribution in [1.82, 2.24) is 10.2 Å². The summed E-state index contributed by atoms with van der Waals surface area (Å²) in [6.45, 7) is 0.909. The quantitative estimate of drug-likeness (QED) is 0.772. The van der Waals surface area contributed by atoms with Crippen LogP contribution < -0.4 is 10.1 Å². The average molecular weight is 417 g/mol. The lowest BCUT2D eigenvalue weighted by molar-refractivity contribution is 0.0691. The van der Waals surface area contributed by atoms with Gasteiger partial charge in [-0.2, -0.15) is 0 Å². The number of rotatable bonds is 6. The van der Waals surface area contributed by atoms with Crippen molar-refractivity contribution in [2.24, 2.45) is 0 Å². The second-order valence-corrected chi connectivity index (χ2v) is 7.91. The van der Waals surface area contributed by atoms with Crippen LogP contribution in [0.5, 0.6) is 5.75 Å². The maximum absolute atomic E-state index is 13.5. The number of nitrogens with one attached hydrogen (secondary N) is 1. The molecule has 0 spiro atoms. The number of likely N-dealkylation sites (tertiary alicyclic amines) is 1. The summed E-state index contributed by atoms with van der Waals surface area (Å²) in [5, 5.41) is 3.19. The SMILES string of the molecule is O=C(NC1CC1)c1ccc(OCC2CCCN2C(=O)c2cc(F)ccc2Cl)cc1. The lowest BCUT2D eigenvalue weighted by atomic mass is 10.1. The van der Waals surface area contributed by atoms with Crippen LogP contribution in [0.1, 0.15) is 46.4 Å². The fourth-order valence-corrected chi connectivity index (χ4v) is 3.68. The molecule has 1 heterocycles. The van der Waals surface area contributed by atoms with Crippen molar-refractivity contribution in [2.45, 2.75) is 37.8 Å². The zero-order chi connectivity index (χ0) is 20.4. The first kappa shape index (κ1) is 19.7. The number of ether oxygens (including phenoxy) is 1. The molecule has 2 aromatic rings. The van der Waals surface area contributed by atoms with Gasteiger partial charge in [0.25, 0.3) is 11.8 Å². The minimum Gasteiger partial charge on any atom is -0.491 e. The molecule has 1 saturated heterocycles. The Morgan fingerprint density at radius 1 is 1.14 bits per heavy atom. The summed E-state index contributed by atoms with van der Waals surface area (Å²) >= 11 is 6.09. The molecular weight excluding hydrogens is 395 g/mol. The first-order valence-electron chi connectivity index (χ1n) is 9.81. The Balaban J connectivity index is 1.36. The lowest BCUT2D eigenvalue weighted by Gasteiger charge is -2.25. The highest BCUT2D eigenvalue weighted by molar-refractivity contribution is 6.33. The van der Waals surface area contributed by atoms with E-state index >= 15 is 0 Å². The highest BCUT2D eigenvalue weighted by atomic mass is 35.5. The van der Waals surface area contributed by atoms with Crippen LogP contribution in [0.25, 0.3) is 0 Å². The summed E-state index contributed by atoms with van der Waals surface area (Å²) < 4.78 is 19.4. The second-order valence-electron chi connectivity index (χ2n) is 7.50. The number of carbonyl (C=O) groups is 2. The fourth-order valence-electron chi connectivity index (χ4n) is 3.48. The van der Waals surface area contributed by atoms with Crippen LogP contribution in [0.2, 0.25) is 5.02 Å².